The lowest BCUT2D eigenvalue weighted by molar-refractivity contribution is -0.0757. The summed E-state index contributed by atoms with van der Waals surface area (Å²) >= 11 is 0. The van der Waals surface area contributed by atoms with Crippen LogP contribution in [0.2, 0.25) is 0 Å². The normalized spacial score (nSPS) is 14.9. The second-order valence-corrected chi connectivity index (χ2v) is 12.4. The van der Waals surface area contributed by atoms with Gasteiger partial charge in [0.15, 0.2) is 0 Å². The molecule has 0 saturated carbocycles. The van der Waals surface area contributed by atoms with Crippen LogP contribution in [0.1, 0.15) is 109 Å². The topological polar surface area (TPSA) is 9.23 Å². The third-order valence-electron chi connectivity index (χ3n) is 3.75. The molecule has 0 rings (SSSR count). The van der Waals surface area contributed by atoms with Crippen molar-refractivity contribution in [2.45, 2.75) is 121 Å². The predicted molar refractivity (Wildman–Crippen MR) is 105 cm³/mol. The van der Waals surface area contributed by atoms with Crippen LogP contribution in [0.5, 0.6) is 0 Å². The van der Waals surface area contributed by atoms with Crippen molar-refractivity contribution >= 4 is 0 Å². The Morgan fingerprint density at radius 1 is 0.435 bits per heavy atom. The molecule has 0 fully saturated rings. The summed E-state index contributed by atoms with van der Waals surface area (Å²) in [5, 5.41) is 0. The molecule has 1 heteroatoms. The van der Waals surface area contributed by atoms with Gasteiger partial charge in [0.05, 0.1) is 12.2 Å². The molecule has 0 unspecified atom stereocenters. The van der Waals surface area contributed by atoms with Gasteiger partial charge in [0.1, 0.15) is 0 Å². The SMILES string of the molecule is CC(C)(C)CC(CC(C)(C)C)OC(CC(C)(C)C)CC(C)(C)C. The van der Waals surface area contributed by atoms with E-state index in [-0.39, 0.29) is 0 Å². The zero-order valence-electron chi connectivity index (χ0n) is 18.4. The van der Waals surface area contributed by atoms with E-state index < -0.39 is 0 Å². The van der Waals surface area contributed by atoms with Gasteiger partial charge in [-0.05, 0) is 47.3 Å². The van der Waals surface area contributed by atoms with Crippen molar-refractivity contribution in [3.63, 3.8) is 0 Å². The molecule has 0 amide bonds. The average molecular weight is 327 g/mol. The fraction of sp³-hybridized carbons (Fsp3) is 1.00. The standard InChI is InChI=1S/C22H46O/c1-19(2,3)13-17(14-20(4,5)6)23-18(15-21(7,8)9)16-22(10,11)12/h17-18H,13-16H2,1-12H3. The molecule has 0 bridgehead atoms. The van der Waals surface area contributed by atoms with Gasteiger partial charge in [-0.25, -0.2) is 0 Å². The second-order valence-electron chi connectivity index (χ2n) is 12.4. The lowest BCUT2D eigenvalue weighted by Gasteiger charge is -2.37. The van der Waals surface area contributed by atoms with Crippen LogP contribution >= 0.6 is 0 Å². The summed E-state index contributed by atoms with van der Waals surface area (Å²) < 4.78 is 6.75. The first-order valence-corrected chi connectivity index (χ1v) is 9.52. The lowest BCUT2D eigenvalue weighted by Crippen LogP contribution is -2.34. The maximum Gasteiger partial charge on any atom is 0.0588 e. The minimum absolute atomic E-state index is 0.309. The Morgan fingerprint density at radius 3 is 0.739 bits per heavy atom. The van der Waals surface area contributed by atoms with E-state index in [0.717, 1.165) is 25.7 Å². The van der Waals surface area contributed by atoms with Crippen molar-refractivity contribution in [2.24, 2.45) is 21.7 Å². The van der Waals surface area contributed by atoms with Gasteiger partial charge in [-0.15, -0.1) is 0 Å². The van der Waals surface area contributed by atoms with Crippen molar-refractivity contribution in [3.8, 4) is 0 Å². The minimum atomic E-state index is 0.309. The Hall–Kier alpha value is -0.0400. The van der Waals surface area contributed by atoms with E-state index in [0.29, 0.717) is 33.9 Å². The molecule has 0 aromatic heterocycles. The van der Waals surface area contributed by atoms with E-state index in [1.807, 2.05) is 0 Å². The van der Waals surface area contributed by atoms with Gasteiger partial charge in [0, 0.05) is 0 Å². The van der Waals surface area contributed by atoms with Crippen molar-refractivity contribution in [2.75, 3.05) is 0 Å². The molecule has 0 saturated heterocycles. The molecule has 1 nitrogen and oxygen atoms in total. The van der Waals surface area contributed by atoms with Gasteiger partial charge in [0.25, 0.3) is 0 Å². The largest absolute Gasteiger partial charge is 0.375 e. The van der Waals surface area contributed by atoms with E-state index >= 15 is 0 Å². The van der Waals surface area contributed by atoms with Crippen LogP contribution in [0, 0.1) is 21.7 Å². The summed E-state index contributed by atoms with van der Waals surface area (Å²) in [6.07, 6.45) is 5.24. The molecule has 140 valence electrons. The number of hydrogen-bond donors (Lipinski definition) is 0. The summed E-state index contributed by atoms with van der Waals surface area (Å²) in [4.78, 5) is 0. The molecule has 0 heterocycles. The first-order chi connectivity index (χ1) is 9.86. The van der Waals surface area contributed by atoms with Crippen molar-refractivity contribution < 1.29 is 4.74 Å². The quantitative estimate of drug-likeness (QED) is 0.491. The second kappa shape index (κ2) is 7.89. The summed E-state index contributed by atoms with van der Waals surface area (Å²) in [7, 11) is 0. The van der Waals surface area contributed by atoms with Crippen LogP contribution in [0.4, 0.5) is 0 Å². The Labute approximate surface area is 148 Å². The summed E-state index contributed by atoms with van der Waals surface area (Å²) in [5.41, 5.74) is 1.24. The zero-order valence-corrected chi connectivity index (χ0v) is 18.4. The molecule has 0 aliphatic carbocycles. The zero-order chi connectivity index (χ0) is 18.7. The molecular formula is C22H46O. The van der Waals surface area contributed by atoms with Gasteiger partial charge in [-0.2, -0.15) is 0 Å². The summed E-state index contributed by atoms with van der Waals surface area (Å²) in [6, 6.07) is 0. The monoisotopic (exact) mass is 326 g/mol. The molecule has 0 aliphatic heterocycles. The highest BCUT2D eigenvalue weighted by Crippen LogP contribution is 2.36. The van der Waals surface area contributed by atoms with E-state index in [9.17, 15) is 0 Å². The molecule has 23 heavy (non-hydrogen) atoms. The fourth-order valence-corrected chi connectivity index (χ4v) is 3.34. The molecular weight excluding hydrogens is 280 g/mol. The van der Waals surface area contributed by atoms with Crippen LogP contribution in [-0.4, -0.2) is 12.2 Å². The van der Waals surface area contributed by atoms with Gasteiger partial charge in [0.2, 0.25) is 0 Å². The van der Waals surface area contributed by atoms with Crippen LogP contribution in [0.15, 0.2) is 0 Å². The van der Waals surface area contributed by atoms with Crippen LogP contribution in [-0.2, 0) is 4.74 Å². The van der Waals surface area contributed by atoms with Gasteiger partial charge < -0.3 is 4.74 Å². The van der Waals surface area contributed by atoms with E-state index in [2.05, 4.69) is 83.1 Å². The molecule has 0 N–H and O–H groups in total. The molecule has 0 radical (unpaired) electrons. The van der Waals surface area contributed by atoms with E-state index in [1.165, 1.54) is 0 Å². The highest BCUT2D eigenvalue weighted by Gasteiger charge is 2.30. The Morgan fingerprint density at radius 2 is 0.609 bits per heavy atom. The average Bonchev–Trinajstić information content (AvgIpc) is 2.03. The molecule has 0 aromatic rings. The van der Waals surface area contributed by atoms with Gasteiger partial charge >= 0.3 is 0 Å². The first kappa shape index (κ1) is 23.0. The number of rotatable bonds is 6. The Kier molecular flexibility index (Phi) is 7.88. The maximum atomic E-state index is 6.75. The first-order valence-electron chi connectivity index (χ1n) is 9.52. The maximum absolute atomic E-state index is 6.75. The van der Waals surface area contributed by atoms with Crippen LogP contribution in [0.25, 0.3) is 0 Å². The molecule has 0 aromatic carbocycles. The van der Waals surface area contributed by atoms with Gasteiger partial charge in [-0.1, -0.05) is 83.1 Å². The summed E-state index contributed by atoms with van der Waals surface area (Å²) in [6.45, 7) is 27.9. The van der Waals surface area contributed by atoms with E-state index in [4.69, 9.17) is 4.74 Å². The molecule has 0 spiro atoms. The van der Waals surface area contributed by atoms with Crippen molar-refractivity contribution in [1.29, 1.82) is 0 Å². The predicted octanol–water partition coefficient (Wildman–Crippen LogP) is 7.49. The number of hydrogen-bond acceptors (Lipinski definition) is 1. The van der Waals surface area contributed by atoms with Crippen LogP contribution < -0.4 is 0 Å². The summed E-state index contributed by atoms with van der Waals surface area (Å²) in [5.74, 6) is 0. The smallest absolute Gasteiger partial charge is 0.0588 e. The lowest BCUT2D eigenvalue weighted by atomic mass is 9.80. The molecule has 0 aliphatic rings. The van der Waals surface area contributed by atoms with Gasteiger partial charge in [-0.3, -0.25) is 0 Å². The van der Waals surface area contributed by atoms with Crippen molar-refractivity contribution in [1.82, 2.24) is 0 Å². The van der Waals surface area contributed by atoms with Crippen molar-refractivity contribution in [3.05, 3.63) is 0 Å². The fourth-order valence-electron chi connectivity index (χ4n) is 3.34. The third-order valence-corrected chi connectivity index (χ3v) is 3.75. The van der Waals surface area contributed by atoms with E-state index in [1.54, 1.807) is 0 Å². The number of ether oxygens (including phenoxy) is 1. The Bertz CT molecular complexity index is 261. The Balaban J connectivity index is 5.15. The highest BCUT2D eigenvalue weighted by molar-refractivity contribution is 4.80. The third kappa shape index (κ3) is 15.2. The minimum Gasteiger partial charge on any atom is -0.375 e. The highest BCUT2D eigenvalue weighted by atomic mass is 16.5. The van der Waals surface area contributed by atoms with Crippen LogP contribution in [0.3, 0.4) is 0 Å². The molecule has 0 atom stereocenters.